The van der Waals surface area contributed by atoms with E-state index in [4.69, 9.17) is 20.8 Å². The minimum atomic E-state index is -1.03. The predicted octanol–water partition coefficient (Wildman–Crippen LogP) is 3.16. The highest BCUT2D eigenvalue weighted by molar-refractivity contribution is 6.29. The molecule has 0 spiro atoms. The largest absolute Gasteiger partial charge is 0.494 e. The monoisotopic (exact) mass is 256 g/mol. The van der Waals surface area contributed by atoms with Crippen molar-refractivity contribution in [3.05, 3.63) is 52.7 Å². The number of furan rings is 1. The highest BCUT2D eigenvalue weighted by Gasteiger charge is 2.17. The molecule has 1 aromatic heterocycles. The lowest BCUT2D eigenvalue weighted by Crippen LogP contribution is -2.00. The molecule has 1 unspecified atom stereocenters. The van der Waals surface area contributed by atoms with Crippen LogP contribution in [0.25, 0.3) is 0 Å². The van der Waals surface area contributed by atoms with Gasteiger partial charge in [0.1, 0.15) is 6.10 Å². The Morgan fingerprint density at radius 3 is 2.71 bits per heavy atom. The lowest BCUT2D eigenvalue weighted by molar-refractivity contribution is 0.218. The second kappa shape index (κ2) is 4.77. The summed E-state index contributed by atoms with van der Waals surface area (Å²) in [4.78, 5) is 0. The number of ether oxygens (including phenoxy) is 1. The second-order valence-corrected chi connectivity index (χ2v) is 3.79. The van der Waals surface area contributed by atoms with Crippen LogP contribution in [-0.2, 0) is 0 Å². The molecule has 0 aliphatic carbocycles. The normalized spacial score (nSPS) is 12.5. The van der Waals surface area contributed by atoms with Crippen molar-refractivity contribution in [2.75, 3.05) is 7.11 Å². The van der Waals surface area contributed by atoms with E-state index in [2.05, 4.69) is 0 Å². The molecule has 0 amide bonds. The van der Waals surface area contributed by atoms with E-state index in [1.807, 2.05) is 0 Å². The zero-order chi connectivity index (χ0) is 12.4. The molecule has 0 aliphatic rings. The molecule has 0 fully saturated rings. The van der Waals surface area contributed by atoms with Gasteiger partial charge < -0.3 is 14.3 Å². The van der Waals surface area contributed by atoms with Crippen molar-refractivity contribution in [1.29, 1.82) is 0 Å². The summed E-state index contributed by atoms with van der Waals surface area (Å²) in [6.45, 7) is 0. The first-order chi connectivity index (χ1) is 8.13. The molecule has 0 radical (unpaired) electrons. The quantitative estimate of drug-likeness (QED) is 0.917. The Morgan fingerprint density at radius 1 is 1.41 bits per heavy atom. The van der Waals surface area contributed by atoms with Gasteiger partial charge in [0.2, 0.25) is 0 Å². The van der Waals surface area contributed by atoms with Crippen molar-refractivity contribution in [1.82, 2.24) is 0 Å². The van der Waals surface area contributed by atoms with Crippen LogP contribution in [0, 0.1) is 5.82 Å². The molecular weight excluding hydrogens is 247 g/mol. The number of hydrogen-bond acceptors (Lipinski definition) is 3. The highest BCUT2D eigenvalue weighted by Crippen LogP contribution is 2.30. The summed E-state index contributed by atoms with van der Waals surface area (Å²) in [6.07, 6.45) is 0.336. The molecule has 2 rings (SSSR count). The minimum Gasteiger partial charge on any atom is -0.494 e. The summed E-state index contributed by atoms with van der Waals surface area (Å²) in [5, 5.41) is 10.1. The first kappa shape index (κ1) is 12.0. The Labute approximate surface area is 102 Å². The van der Waals surface area contributed by atoms with Gasteiger partial charge in [0.25, 0.3) is 0 Å². The van der Waals surface area contributed by atoms with E-state index < -0.39 is 11.9 Å². The molecule has 0 saturated heterocycles. The summed E-state index contributed by atoms with van der Waals surface area (Å²) in [5.74, 6) is -0.414. The minimum absolute atomic E-state index is 0.0914. The number of rotatable bonds is 3. The SMILES string of the molecule is COc1ccc(C(O)c2ccoc2Cl)cc1F. The zero-order valence-electron chi connectivity index (χ0n) is 8.98. The summed E-state index contributed by atoms with van der Waals surface area (Å²) < 4.78 is 23.1. The fourth-order valence-corrected chi connectivity index (χ4v) is 1.75. The average Bonchev–Trinajstić information content (AvgIpc) is 2.74. The number of halogens is 2. The van der Waals surface area contributed by atoms with Gasteiger partial charge in [0.15, 0.2) is 16.8 Å². The molecule has 1 heterocycles. The summed E-state index contributed by atoms with van der Waals surface area (Å²) >= 11 is 5.74. The first-order valence-electron chi connectivity index (χ1n) is 4.88. The number of benzene rings is 1. The summed E-state index contributed by atoms with van der Waals surface area (Å²) in [6, 6.07) is 5.75. The van der Waals surface area contributed by atoms with Gasteiger partial charge in [-0.25, -0.2) is 4.39 Å². The van der Waals surface area contributed by atoms with Crippen LogP contribution in [0.15, 0.2) is 34.9 Å². The second-order valence-electron chi connectivity index (χ2n) is 3.45. The Hall–Kier alpha value is -1.52. The van der Waals surface area contributed by atoms with Crippen molar-refractivity contribution in [3.63, 3.8) is 0 Å². The van der Waals surface area contributed by atoms with Gasteiger partial charge in [-0.3, -0.25) is 0 Å². The van der Waals surface area contributed by atoms with Crippen molar-refractivity contribution in [2.45, 2.75) is 6.10 Å². The van der Waals surface area contributed by atoms with Gasteiger partial charge in [0, 0.05) is 5.56 Å². The van der Waals surface area contributed by atoms with Crippen LogP contribution in [0.5, 0.6) is 5.75 Å². The van der Waals surface area contributed by atoms with Crippen molar-refractivity contribution >= 4 is 11.6 Å². The molecule has 90 valence electrons. The number of hydrogen-bond donors (Lipinski definition) is 1. The third-order valence-corrected chi connectivity index (χ3v) is 2.74. The van der Waals surface area contributed by atoms with E-state index in [-0.39, 0.29) is 11.0 Å². The standard InChI is InChI=1S/C12H10ClFO3/c1-16-10-3-2-7(6-9(10)14)11(15)8-4-5-17-12(8)13/h2-6,11,15H,1H3. The van der Waals surface area contributed by atoms with Crippen LogP contribution in [-0.4, -0.2) is 12.2 Å². The molecule has 0 saturated carbocycles. The number of aliphatic hydroxyl groups excluding tert-OH is 1. The van der Waals surface area contributed by atoms with E-state index in [1.54, 1.807) is 6.07 Å². The van der Waals surface area contributed by atoms with Gasteiger partial charge >= 0.3 is 0 Å². The van der Waals surface area contributed by atoms with Gasteiger partial charge in [-0.05, 0) is 35.4 Å². The maximum atomic E-state index is 13.5. The Kier molecular flexibility index (Phi) is 3.36. The number of aliphatic hydroxyl groups is 1. The van der Waals surface area contributed by atoms with Crippen molar-refractivity contribution in [2.24, 2.45) is 0 Å². The maximum absolute atomic E-state index is 13.5. The van der Waals surface area contributed by atoms with Gasteiger partial charge in [-0.2, -0.15) is 0 Å². The average molecular weight is 257 g/mol. The first-order valence-corrected chi connectivity index (χ1v) is 5.25. The lowest BCUT2D eigenvalue weighted by Gasteiger charge is -2.10. The van der Waals surface area contributed by atoms with Crippen LogP contribution in [0.4, 0.5) is 4.39 Å². The Morgan fingerprint density at radius 2 is 2.18 bits per heavy atom. The number of methoxy groups -OCH3 is 1. The van der Waals surface area contributed by atoms with E-state index in [0.717, 1.165) is 0 Å². The maximum Gasteiger partial charge on any atom is 0.199 e. The van der Waals surface area contributed by atoms with Crippen LogP contribution >= 0.6 is 11.6 Å². The topological polar surface area (TPSA) is 42.6 Å². The van der Waals surface area contributed by atoms with Gasteiger partial charge in [-0.1, -0.05) is 6.07 Å². The Bertz CT molecular complexity index is 524. The third kappa shape index (κ3) is 2.28. The van der Waals surface area contributed by atoms with E-state index >= 15 is 0 Å². The third-order valence-electron chi connectivity index (χ3n) is 2.43. The van der Waals surface area contributed by atoms with Crippen LogP contribution in [0.3, 0.4) is 0 Å². The molecule has 5 heteroatoms. The van der Waals surface area contributed by atoms with E-state index in [1.165, 1.54) is 31.6 Å². The molecular formula is C12H10ClFO3. The molecule has 0 bridgehead atoms. The van der Waals surface area contributed by atoms with Crippen molar-refractivity contribution in [3.8, 4) is 5.75 Å². The smallest absolute Gasteiger partial charge is 0.199 e. The van der Waals surface area contributed by atoms with Crippen molar-refractivity contribution < 1.29 is 18.7 Å². The van der Waals surface area contributed by atoms with Crippen LogP contribution in [0.2, 0.25) is 5.22 Å². The zero-order valence-corrected chi connectivity index (χ0v) is 9.74. The van der Waals surface area contributed by atoms with E-state index in [9.17, 15) is 9.50 Å². The molecule has 1 N–H and O–H groups in total. The highest BCUT2D eigenvalue weighted by atomic mass is 35.5. The molecule has 2 aromatic rings. The summed E-state index contributed by atoms with van der Waals surface area (Å²) in [7, 11) is 1.38. The molecule has 1 aromatic carbocycles. The lowest BCUT2D eigenvalue weighted by atomic mass is 10.0. The van der Waals surface area contributed by atoms with Crippen LogP contribution in [0.1, 0.15) is 17.2 Å². The van der Waals surface area contributed by atoms with Crippen LogP contribution < -0.4 is 4.74 Å². The fourth-order valence-electron chi connectivity index (χ4n) is 1.53. The molecule has 3 nitrogen and oxygen atoms in total. The summed E-state index contributed by atoms with van der Waals surface area (Å²) in [5.41, 5.74) is 0.780. The van der Waals surface area contributed by atoms with Gasteiger partial charge in [-0.15, -0.1) is 0 Å². The molecule has 1 atom stereocenters. The molecule has 0 aliphatic heterocycles. The van der Waals surface area contributed by atoms with Gasteiger partial charge in [0.05, 0.1) is 13.4 Å². The fraction of sp³-hybridized carbons (Fsp3) is 0.167. The Balaban J connectivity index is 2.35. The van der Waals surface area contributed by atoms with E-state index in [0.29, 0.717) is 11.1 Å². The predicted molar refractivity (Wildman–Crippen MR) is 60.7 cm³/mol. The molecule has 17 heavy (non-hydrogen) atoms.